The zero-order valence-corrected chi connectivity index (χ0v) is 15.7. The first-order valence-corrected chi connectivity index (χ1v) is 9.79. The number of rotatable bonds is 3. The number of carbonyl (C=O) groups is 1. The Balaban J connectivity index is 1.67. The van der Waals surface area contributed by atoms with Crippen molar-refractivity contribution in [2.45, 2.75) is 33.1 Å². The van der Waals surface area contributed by atoms with Gasteiger partial charge in [-0.3, -0.25) is 0 Å². The molecular formula is C20H32N4O. The van der Waals surface area contributed by atoms with E-state index in [4.69, 9.17) is 0 Å². The van der Waals surface area contributed by atoms with Crippen LogP contribution in [0.15, 0.2) is 24.3 Å². The predicted molar refractivity (Wildman–Crippen MR) is 104 cm³/mol. The number of piperazine rings is 1. The molecule has 5 heteroatoms. The quantitative estimate of drug-likeness (QED) is 0.912. The highest BCUT2D eigenvalue weighted by molar-refractivity contribution is 5.93. The molecule has 0 aliphatic carbocycles. The van der Waals surface area contributed by atoms with E-state index < -0.39 is 0 Å². The summed E-state index contributed by atoms with van der Waals surface area (Å²) in [5.41, 5.74) is 2.09. The molecule has 0 bridgehead atoms. The number of carbonyl (C=O) groups excluding carboxylic acids is 1. The SMILES string of the molecule is CCN1CCN(c2ccccc2NC(=O)N2CCCCC(C)C2)CC1. The van der Waals surface area contributed by atoms with Gasteiger partial charge >= 0.3 is 6.03 Å². The summed E-state index contributed by atoms with van der Waals surface area (Å²) in [7, 11) is 0. The average molecular weight is 345 g/mol. The first-order valence-electron chi connectivity index (χ1n) is 9.79. The number of likely N-dealkylation sites (tertiary alicyclic amines) is 1. The van der Waals surface area contributed by atoms with Gasteiger partial charge in [-0.1, -0.05) is 32.4 Å². The number of urea groups is 1. The lowest BCUT2D eigenvalue weighted by Crippen LogP contribution is -2.46. The summed E-state index contributed by atoms with van der Waals surface area (Å²) in [5, 5.41) is 3.18. The van der Waals surface area contributed by atoms with E-state index in [-0.39, 0.29) is 6.03 Å². The number of anilines is 2. The summed E-state index contributed by atoms with van der Waals surface area (Å²) in [6.45, 7) is 11.5. The molecular weight excluding hydrogens is 312 g/mol. The van der Waals surface area contributed by atoms with Gasteiger partial charge in [0, 0.05) is 39.3 Å². The number of likely N-dealkylation sites (N-methyl/N-ethyl adjacent to an activating group) is 1. The molecule has 138 valence electrons. The van der Waals surface area contributed by atoms with E-state index in [2.05, 4.69) is 41.1 Å². The zero-order valence-electron chi connectivity index (χ0n) is 15.7. The molecule has 1 aromatic rings. The molecule has 1 aromatic carbocycles. The van der Waals surface area contributed by atoms with Crippen LogP contribution in [-0.2, 0) is 0 Å². The molecule has 2 amide bonds. The Kier molecular flexibility index (Phi) is 6.19. The summed E-state index contributed by atoms with van der Waals surface area (Å²) in [5.74, 6) is 0.589. The number of amides is 2. The lowest BCUT2D eigenvalue weighted by Gasteiger charge is -2.36. The third-order valence-electron chi connectivity index (χ3n) is 5.50. The molecule has 3 rings (SSSR count). The predicted octanol–water partition coefficient (Wildman–Crippen LogP) is 3.48. The third-order valence-corrected chi connectivity index (χ3v) is 5.50. The van der Waals surface area contributed by atoms with Crippen LogP contribution in [0.1, 0.15) is 33.1 Å². The molecule has 1 unspecified atom stereocenters. The summed E-state index contributed by atoms with van der Waals surface area (Å²) in [4.78, 5) is 19.6. The van der Waals surface area contributed by atoms with Gasteiger partial charge in [0.05, 0.1) is 11.4 Å². The molecule has 1 atom stereocenters. The van der Waals surface area contributed by atoms with E-state index in [1.54, 1.807) is 0 Å². The van der Waals surface area contributed by atoms with E-state index in [9.17, 15) is 4.79 Å². The van der Waals surface area contributed by atoms with Gasteiger partial charge < -0.3 is 20.0 Å². The molecule has 2 heterocycles. The molecule has 1 N–H and O–H groups in total. The monoisotopic (exact) mass is 344 g/mol. The van der Waals surface area contributed by atoms with Crippen LogP contribution in [0.4, 0.5) is 16.2 Å². The number of nitrogens with zero attached hydrogens (tertiary/aromatic N) is 3. The number of para-hydroxylation sites is 2. The van der Waals surface area contributed by atoms with Crippen molar-refractivity contribution >= 4 is 17.4 Å². The van der Waals surface area contributed by atoms with Crippen LogP contribution in [0.5, 0.6) is 0 Å². The molecule has 5 nitrogen and oxygen atoms in total. The highest BCUT2D eigenvalue weighted by atomic mass is 16.2. The van der Waals surface area contributed by atoms with Crippen molar-refractivity contribution in [3.8, 4) is 0 Å². The molecule has 2 aliphatic heterocycles. The van der Waals surface area contributed by atoms with Crippen molar-refractivity contribution < 1.29 is 4.79 Å². The smallest absolute Gasteiger partial charge is 0.321 e. The van der Waals surface area contributed by atoms with Crippen LogP contribution >= 0.6 is 0 Å². The summed E-state index contributed by atoms with van der Waals surface area (Å²) in [6.07, 6.45) is 3.56. The van der Waals surface area contributed by atoms with Gasteiger partial charge in [0.1, 0.15) is 0 Å². The van der Waals surface area contributed by atoms with E-state index in [0.29, 0.717) is 5.92 Å². The van der Waals surface area contributed by atoms with Crippen molar-refractivity contribution in [3.05, 3.63) is 24.3 Å². The Morgan fingerprint density at radius 1 is 1.12 bits per heavy atom. The molecule has 0 saturated carbocycles. The summed E-state index contributed by atoms with van der Waals surface area (Å²) < 4.78 is 0. The molecule has 0 spiro atoms. The molecule has 0 aromatic heterocycles. The summed E-state index contributed by atoms with van der Waals surface area (Å²) >= 11 is 0. The van der Waals surface area contributed by atoms with Gasteiger partial charge in [-0.25, -0.2) is 4.79 Å². The maximum Gasteiger partial charge on any atom is 0.321 e. The minimum atomic E-state index is 0.0494. The second-order valence-corrected chi connectivity index (χ2v) is 7.42. The standard InChI is InChI=1S/C20H32N4O/c1-3-22-12-14-23(15-13-22)19-10-5-4-9-18(19)21-20(25)24-11-7-6-8-17(2)16-24/h4-5,9-10,17H,3,6-8,11-16H2,1-2H3,(H,21,25). The van der Waals surface area contributed by atoms with Crippen LogP contribution in [0.3, 0.4) is 0 Å². The van der Waals surface area contributed by atoms with Crippen molar-refractivity contribution in [2.24, 2.45) is 5.92 Å². The van der Waals surface area contributed by atoms with Gasteiger partial charge in [0.2, 0.25) is 0 Å². The van der Waals surface area contributed by atoms with Crippen LogP contribution in [0.25, 0.3) is 0 Å². The highest BCUT2D eigenvalue weighted by Crippen LogP contribution is 2.27. The number of nitrogens with one attached hydrogen (secondary N) is 1. The minimum Gasteiger partial charge on any atom is -0.367 e. The van der Waals surface area contributed by atoms with Crippen molar-refractivity contribution in [1.29, 1.82) is 0 Å². The fourth-order valence-corrected chi connectivity index (χ4v) is 3.89. The maximum absolute atomic E-state index is 12.8. The lowest BCUT2D eigenvalue weighted by atomic mass is 10.1. The van der Waals surface area contributed by atoms with Crippen LogP contribution < -0.4 is 10.2 Å². The van der Waals surface area contributed by atoms with Crippen molar-refractivity contribution in [3.63, 3.8) is 0 Å². The van der Waals surface area contributed by atoms with E-state index in [1.807, 2.05) is 17.0 Å². The second-order valence-electron chi connectivity index (χ2n) is 7.42. The van der Waals surface area contributed by atoms with E-state index >= 15 is 0 Å². The van der Waals surface area contributed by atoms with Crippen LogP contribution in [0.2, 0.25) is 0 Å². The summed E-state index contributed by atoms with van der Waals surface area (Å²) in [6, 6.07) is 8.27. The third kappa shape index (κ3) is 4.66. The first-order chi connectivity index (χ1) is 12.2. The largest absolute Gasteiger partial charge is 0.367 e. The molecule has 0 radical (unpaired) electrons. The molecule has 2 saturated heterocycles. The average Bonchev–Trinajstić information content (AvgIpc) is 2.87. The number of hydrogen-bond acceptors (Lipinski definition) is 3. The van der Waals surface area contributed by atoms with E-state index in [1.165, 1.54) is 12.8 Å². The zero-order chi connectivity index (χ0) is 17.6. The Labute approximate surface area is 152 Å². The Morgan fingerprint density at radius 3 is 2.64 bits per heavy atom. The van der Waals surface area contributed by atoms with Gasteiger partial charge in [0.25, 0.3) is 0 Å². The molecule has 2 aliphatic rings. The first kappa shape index (κ1) is 18.1. The maximum atomic E-state index is 12.8. The van der Waals surface area contributed by atoms with Crippen molar-refractivity contribution in [2.75, 3.05) is 56.0 Å². The van der Waals surface area contributed by atoms with E-state index in [0.717, 1.165) is 63.6 Å². The van der Waals surface area contributed by atoms with Crippen LogP contribution in [0, 0.1) is 5.92 Å². The molecule has 2 fully saturated rings. The van der Waals surface area contributed by atoms with Gasteiger partial charge in [-0.15, -0.1) is 0 Å². The molecule has 25 heavy (non-hydrogen) atoms. The fraction of sp³-hybridized carbons (Fsp3) is 0.650. The normalized spacial score (nSPS) is 22.6. The number of benzene rings is 1. The Hall–Kier alpha value is -1.75. The van der Waals surface area contributed by atoms with Crippen LogP contribution in [-0.4, -0.2) is 61.6 Å². The second kappa shape index (κ2) is 8.56. The van der Waals surface area contributed by atoms with Gasteiger partial charge in [-0.05, 0) is 37.4 Å². The van der Waals surface area contributed by atoms with Crippen molar-refractivity contribution in [1.82, 2.24) is 9.80 Å². The number of hydrogen-bond donors (Lipinski definition) is 1. The van der Waals surface area contributed by atoms with Gasteiger partial charge in [0.15, 0.2) is 0 Å². The Morgan fingerprint density at radius 2 is 1.88 bits per heavy atom. The Bertz CT molecular complexity index is 569. The topological polar surface area (TPSA) is 38.8 Å². The lowest BCUT2D eigenvalue weighted by molar-refractivity contribution is 0.207. The van der Waals surface area contributed by atoms with Gasteiger partial charge in [-0.2, -0.15) is 0 Å². The highest BCUT2D eigenvalue weighted by Gasteiger charge is 2.22. The fourth-order valence-electron chi connectivity index (χ4n) is 3.89. The minimum absolute atomic E-state index is 0.0494.